The lowest BCUT2D eigenvalue weighted by atomic mass is 10.1. The van der Waals surface area contributed by atoms with Gasteiger partial charge >= 0.3 is 0 Å². The van der Waals surface area contributed by atoms with Crippen molar-refractivity contribution < 1.29 is 0 Å². The molecule has 1 heterocycles. The summed E-state index contributed by atoms with van der Waals surface area (Å²) < 4.78 is 1.31. The minimum atomic E-state index is 0.601. The first-order valence-corrected chi connectivity index (χ1v) is 7.45. The van der Waals surface area contributed by atoms with Gasteiger partial charge in [0.15, 0.2) is 0 Å². The van der Waals surface area contributed by atoms with Crippen LogP contribution in [0.5, 0.6) is 0 Å². The van der Waals surface area contributed by atoms with E-state index in [9.17, 15) is 0 Å². The second-order valence-corrected chi connectivity index (χ2v) is 6.29. The van der Waals surface area contributed by atoms with Crippen LogP contribution >= 0.6 is 22.6 Å². The third-order valence-corrected chi connectivity index (χ3v) is 4.20. The van der Waals surface area contributed by atoms with E-state index in [4.69, 9.17) is 0 Å². The summed E-state index contributed by atoms with van der Waals surface area (Å²) in [7, 11) is 0. The molecule has 0 bridgehead atoms. The molecular weight excluding hydrogens is 323 g/mol. The van der Waals surface area contributed by atoms with Crippen molar-refractivity contribution in [2.75, 3.05) is 13.1 Å². The molecule has 1 aromatic carbocycles. The zero-order valence-electron chi connectivity index (χ0n) is 10.6. The van der Waals surface area contributed by atoms with Crippen LogP contribution in [0.4, 0.5) is 0 Å². The Kier molecular flexibility index (Phi) is 4.82. The van der Waals surface area contributed by atoms with E-state index in [0.29, 0.717) is 12.1 Å². The summed E-state index contributed by atoms with van der Waals surface area (Å²) in [6.07, 6.45) is 1.24. The minimum Gasteiger partial charge on any atom is -0.313 e. The fraction of sp³-hybridized carbons (Fsp3) is 0.571. The van der Waals surface area contributed by atoms with Crippen molar-refractivity contribution in [1.29, 1.82) is 0 Å². The Morgan fingerprint density at radius 3 is 2.71 bits per heavy atom. The van der Waals surface area contributed by atoms with Crippen LogP contribution < -0.4 is 5.32 Å². The number of hydrogen-bond donors (Lipinski definition) is 1. The minimum absolute atomic E-state index is 0.601. The summed E-state index contributed by atoms with van der Waals surface area (Å²) in [6, 6.07) is 10.2. The van der Waals surface area contributed by atoms with E-state index in [-0.39, 0.29) is 0 Å². The molecule has 0 amide bonds. The van der Waals surface area contributed by atoms with E-state index in [0.717, 1.165) is 19.6 Å². The Morgan fingerprint density at radius 1 is 1.29 bits per heavy atom. The van der Waals surface area contributed by atoms with Crippen LogP contribution in [0.15, 0.2) is 24.3 Å². The monoisotopic (exact) mass is 344 g/mol. The SMILES string of the molecule is CC1CN(Cc2ccc(I)cc2)C(C)CCN1. The summed E-state index contributed by atoms with van der Waals surface area (Å²) in [5.74, 6) is 0. The highest BCUT2D eigenvalue weighted by Gasteiger charge is 2.20. The number of benzene rings is 1. The lowest BCUT2D eigenvalue weighted by Gasteiger charge is -2.28. The molecule has 2 rings (SSSR count). The fourth-order valence-electron chi connectivity index (χ4n) is 2.36. The Labute approximate surface area is 118 Å². The summed E-state index contributed by atoms with van der Waals surface area (Å²) in [6.45, 7) is 7.98. The van der Waals surface area contributed by atoms with Crippen molar-refractivity contribution in [2.45, 2.75) is 38.9 Å². The van der Waals surface area contributed by atoms with Gasteiger partial charge in [0.1, 0.15) is 0 Å². The first kappa shape index (κ1) is 13.3. The Hall–Kier alpha value is -0.130. The molecule has 0 saturated carbocycles. The van der Waals surface area contributed by atoms with Crippen LogP contribution in [0.25, 0.3) is 0 Å². The molecule has 3 heteroatoms. The Bertz CT molecular complexity index is 350. The number of rotatable bonds is 2. The average Bonchev–Trinajstić information content (AvgIpc) is 2.45. The highest BCUT2D eigenvalue weighted by Crippen LogP contribution is 2.15. The van der Waals surface area contributed by atoms with E-state index in [1.54, 1.807) is 0 Å². The Morgan fingerprint density at radius 2 is 2.00 bits per heavy atom. The van der Waals surface area contributed by atoms with Gasteiger partial charge in [-0.2, -0.15) is 0 Å². The summed E-state index contributed by atoms with van der Waals surface area (Å²) >= 11 is 2.36. The molecule has 17 heavy (non-hydrogen) atoms. The maximum atomic E-state index is 3.56. The van der Waals surface area contributed by atoms with Gasteiger partial charge in [-0.15, -0.1) is 0 Å². The van der Waals surface area contributed by atoms with Crippen LogP contribution in [0, 0.1) is 3.57 Å². The third-order valence-electron chi connectivity index (χ3n) is 3.49. The summed E-state index contributed by atoms with van der Waals surface area (Å²) in [5.41, 5.74) is 1.42. The number of halogens is 1. The van der Waals surface area contributed by atoms with E-state index in [1.165, 1.54) is 15.6 Å². The molecule has 0 aromatic heterocycles. The molecule has 1 N–H and O–H groups in total. The molecule has 1 aromatic rings. The van der Waals surface area contributed by atoms with Crippen molar-refractivity contribution in [3.8, 4) is 0 Å². The molecule has 1 aliphatic rings. The molecule has 1 saturated heterocycles. The van der Waals surface area contributed by atoms with Gasteiger partial charge in [-0.05, 0) is 67.1 Å². The number of nitrogens with zero attached hydrogens (tertiary/aromatic N) is 1. The first-order chi connectivity index (χ1) is 8.15. The smallest absolute Gasteiger partial charge is 0.0237 e. The summed E-state index contributed by atoms with van der Waals surface area (Å²) in [4.78, 5) is 2.59. The maximum absolute atomic E-state index is 3.56. The Balaban J connectivity index is 2.02. The number of hydrogen-bond acceptors (Lipinski definition) is 2. The predicted octanol–water partition coefficient (Wildman–Crippen LogP) is 2.86. The molecule has 1 aliphatic heterocycles. The molecule has 2 unspecified atom stereocenters. The normalized spacial score (nSPS) is 26.8. The van der Waals surface area contributed by atoms with Crippen molar-refractivity contribution in [1.82, 2.24) is 10.2 Å². The average molecular weight is 344 g/mol. The number of nitrogens with one attached hydrogen (secondary N) is 1. The molecule has 1 fully saturated rings. The van der Waals surface area contributed by atoms with Gasteiger partial charge in [-0.3, -0.25) is 4.90 Å². The van der Waals surface area contributed by atoms with Crippen molar-refractivity contribution >= 4 is 22.6 Å². The van der Waals surface area contributed by atoms with Gasteiger partial charge in [0.25, 0.3) is 0 Å². The van der Waals surface area contributed by atoms with E-state index in [2.05, 4.69) is 70.9 Å². The van der Waals surface area contributed by atoms with Crippen LogP contribution in [0.1, 0.15) is 25.8 Å². The van der Waals surface area contributed by atoms with Crippen LogP contribution in [-0.2, 0) is 6.54 Å². The topological polar surface area (TPSA) is 15.3 Å². The van der Waals surface area contributed by atoms with Gasteiger partial charge in [-0.25, -0.2) is 0 Å². The molecular formula is C14H21IN2. The maximum Gasteiger partial charge on any atom is 0.0237 e. The zero-order valence-corrected chi connectivity index (χ0v) is 12.8. The second kappa shape index (κ2) is 6.16. The first-order valence-electron chi connectivity index (χ1n) is 6.37. The lowest BCUT2D eigenvalue weighted by Crippen LogP contribution is -2.37. The van der Waals surface area contributed by atoms with Crippen molar-refractivity contribution in [3.63, 3.8) is 0 Å². The second-order valence-electron chi connectivity index (χ2n) is 5.05. The molecule has 2 nitrogen and oxygen atoms in total. The standard InChI is InChI=1S/C14H21IN2/c1-11-9-17(12(2)7-8-16-11)10-13-3-5-14(15)6-4-13/h3-6,11-12,16H,7-10H2,1-2H3. The third kappa shape index (κ3) is 3.93. The quantitative estimate of drug-likeness (QED) is 0.830. The zero-order chi connectivity index (χ0) is 12.3. The van der Waals surface area contributed by atoms with E-state index < -0.39 is 0 Å². The van der Waals surface area contributed by atoms with E-state index in [1.807, 2.05) is 0 Å². The van der Waals surface area contributed by atoms with Crippen molar-refractivity contribution in [3.05, 3.63) is 33.4 Å². The molecule has 2 atom stereocenters. The fourth-order valence-corrected chi connectivity index (χ4v) is 2.72. The molecule has 94 valence electrons. The van der Waals surface area contributed by atoms with Crippen LogP contribution in [-0.4, -0.2) is 30.1 Å². The largest absolute Gasteiger partial charge is 0.313 e. The highest BCUT2D eigenvalue weighted by molar-refractivity contribution is 14.1. The summed E-state index contributed by atoms with van der Waals surface area (Å²) in [5, 5.41) is 3.56. The van der Waals surface area contributed by atoms with Gasteiger partial charge in [0, 0.05) is 28.7 Å². The van der Waals surface area contributed by atoms with Crippen LogP contribution in [0.2, 0.25) is 0 Å². The molecule has 0 spiro atoms. The van der Waals surface area contributed by atoms with E-state index >= 15 is 0 Å². The highest BCUT2D eigenvalue weighted by atomic mass is 127. The molecule has 0 radical (unpaired) electrons. The van der Waals surface area contributed by atoms with Crippen molar-refractivity contribution in [2.24, 2.45) is 0 Å². The van der Waals surface area contributed by atoms with Gasteiger partial charge < -0.3 is 5.32 Å². The van der Waals surface area contributed by atoms with Gasteiger partial charge in [0.2, 0.25) is 0 Å². The van der Waals surface area contributed by atoms with Gasteiger partial charge in [-0.1, -0.05) is 12.1 Å². The molecule has 0 aliphatic carbocycles. The lowest BCUT2D eigenvalue weighted by molar-refractivity contribution is 0.199. The van der Waals surface area contributed by atoms with Gasteiger partial charge in [0.05, 0.1) is 0 Å². The van der Waals surface area contributed by atoms with Crippen LogP contribution in [0.3, 0.4) is 0 Å². The predicted molar refractivity (Wildman–Crippen MR) is 81.1 cm³/mol.